The van der Waals surface area contributed by atoms with E-state index >= 15 is 0 Å². The minimum absolute atomic E-state index is 0.211. The summed E-state index contributed by atoms with van der Waals surface area (Å²) in [6, 6.07) is 8.45. The van der Waals surface area contributed by atoms with E-state index in [1.807, 2.05) is 12.1 Å². The smallest absolute Gasteiger partial charge is 0.123 e. The molecule has 3 nitrogen and oxygen atoms in total. The minimum Gasteiger partial charge on any atom is -0.496 e. The largest absolute Gasteiger partial charge is 0.496 e. The lowest BCUT2D eigenvalue weighted by molar-refractivity contribution is 0.0153. The van der Waals surface area contributed by atoms with Gasteiger partial charge in [0.2, 0.25) is 0 Å². The van der Waals surface area contributed by atoms with Crippen LogP contribution >= 0.6 is 0 Å². The van der Waals surface area contributed by atoms with Gasteiger partial charge < -0.3 is 14.8 Å². The Balaban J connectivity index is 1.99. The van der Waals surface area contributed by atoms with E-state index in [1.165, 1.54) is 37.7 Å². The van der Waals surface area contributed by atoms with Crippen LogP contribution in [0.15, 0.2) is 24.3 Å². The average molecular weight is 291 g/mol. The van der Waals surface area contributed by atoms with Gasteiger partial charge in [0.25, 0.3) is 0 Å². The molecule has 0 bridgehead atoms. The van der Waals surface area contributed by atoms with Crippen molar-refractivity contribution in [2.45, 2.75) is 57.6 Å². The van der Waals surface area contributed by atoms with Gasteiger partial charge in [-0.15, -0.1) is 0 Å². The van der Waals surface area contributed by atoms with E-state index in [0.717, 1.165) is 25.3 Å². The zero-order valence-corrected chi connectivity index (χ0v) is 13.4. The number of para-hydroxylation sites is 1. The van der Waals surface area contributed by atoms with Crippen molar-refractivity contribution in [2.24, 2.45) is 0 Å². The number of rotatable bonds is 8. The molecule has 3 heteroatoms. The normalized spacial score (nSPS) is 17.6. The third-order valence-corrected chi connectivity index (χ3v) is 4.21. The summed E-state index contributed by atoms with van der Waals surface area (Å²) in [6.45, 7) is 3.91. The van der Waals surface area contributed by atoms with E-state index in [1.54, 1.807) is 7.11 Å². The molecule has 118 valence electrons. The van der Waals surface area contributed by atoms with Gasteiger partial charge in [0.05, 0.1) is 25.9 Å². The van der Waals surface area contributed by atoms with Crippen molar-refractivity contribution in [1.29, 1.82) is 0 Å². The number of hydrogen-bond acceptors (Lipinski definition) is 3. The Kier molecular flexibility index (Phi) is 7.04. The summed E-state index contributed by atoms with van der Waals surface area (Å²) < 4.78 is 11.7. The Hall–Kier alpha value is -1.06. The van der Waals surface area contributed by atoms with E-state index in [9.17, 15) is 0 Å². The first kappa shape index (κ1) is 16.3. The van der Waals surface area contributed by atoms with Crippen LogP contribution in [0.1, 0.15) is 57.1 Å². The molecule has 1 fully saturated rings. The van der Waals surface area contributed by atoms with Gasteiger partial charge in [0.15, 0.2) is 0 Å². The second kappa shape index (κ2) is 9.06. The quantitative estimate of drug-likeness (QED) is 0.782. The summed E-state index contributed by atoms with van der Waals surface area (Å²) in [7, 11) is 1.73. The Bertz CT molecular complexity index is 402. The van der Waals surface area contributed by atoms with Gasteiger partial charge in [-0.1, -0.05) is 44.4 Å². The van der Waals surface area contributed by atoms with Crippen LogP contribution in [0.3, 0.4) is 0 Å². The molecule has 0 radical (unpaired) electrons. The molecule has 1 saturated carbocycles. The summed E-state index contributed by atoms with van der Waals surface area (Å²) in [4.78, 5) is 0. The maximum Gasteiger partial charge on any atom is 0.123 e. The first-order valence-electron chi connectivity index (χ1n) is 8.33. The van der Waals surface area contributed by atoms with E-state index in [4.69, 9.17) is 9.47 Å². The molecule has 0 aromatic heterocycles. The van der Waals surface area contributed by atoms with Gasteiger partial charge in [-0.3, -0.25) is 0 Å². The number of hydrogen-bond donors (Lipinski definition) is 1. The standard InChI is InChI=1S/C18H29NO2/c1-3-13-19-17(14-21-15-9-5-4-6-10-15)16-11-7-8-12-18(16)20-2/h7-8,11-12,15,17,19H,3-6,9-10,13-14H2,1-2H3. The molecule has 0 amide bonds. The number of benzene rings is 1. The van der Waals surface area contributed by atoms with Crippen LogP contribution in [-0.4, -0.2) is 26.4 Å². The van der Waals surface area contributed by atoms with E-state index < -0.39 is 0 Å². The predicted molar refractivity (Wildman–Crippen MR) is 86.9 cm³/mol. The van der Waals surface area contributed by atoms with Crippen molar-refractivity contribution in [3.8, 4) is 5.75 Å². The van der Waals surface area contributed by atoms with Crippen LogP contribution in [-0.2, 0) is 4.74 Å². The van der Waals surface area contributed by atoms with Crippen LogP contribution in [0.2, 0.25) is 0 Å². The fourth-order valence-electron chi connectivity index (χ4n) is 3.00. The Morgan fingerprint density at radius 1 is 1.19 bits per heavy atom. The molecule has 1 N–H and O–H groups in total. The van der Waals surface area contributed by atoms with Crippen LogP contribution in [0.4, 0.5) is 0 Å². The Morgan fingerprint density at radius 3 is 2.67 bits per heavy atom. The molecule has 2 rings (SSSR count). The molecule has 1 aromatic rings. The fraction of sp³-hybridized carbons (Fsp3) is 0.667. The molecule has 1 aliphatic carbocycles. The van der Waals surface area contributed by atoms with Crippen molar-refractivity contribution >= 4 is 0 Å². The van der Waals surface area contributed by atoms with Crippen LogP contribution < -0.4 is 10.1 Å². The molecular formula is C18H29NO2. The molecular weight excluding hydrogens is 262 g/mol. The first-order valence-corrected chi connectivity index (χ1v) is 8.33. The van der Waals surface area contributed by atoms with Gasteiger partial charge in [0, 0.05) is 5.56 Å². The summed E-state index contributed by atoms with van der Waals surface area (Å²) in [5.74, 6) is 0.943. The number of ether oxygens (including phenoxy) is 2. The van der Waals surface area contributed by atoms with Crippen LogP contribution in [0.25, 0.3) is 0 Å². The number of nitrogens with one attached hydrogen (secondary N) is 1. The minimum atomic E-state index is 0.211. The molecule has 0 aliphatic heterocycles. The molecule has 0 heterocycles. The monoisotopic (exact) mass is 291 g/mol. The van der Waals surface area contributed by atoms with Crippen molar-refractivity contribution < 1.29 is 9.47 Å². The maximum atomic E-state index is 6.18. The molecule has 0 saturated heterocycles. The van der Waals surface area contributed by atoms with Gasteiger partial charge in [0.1, 0.15) is 5.75 Å². The topological polar surface area (TPSA) is 30.5 Å². The maximum absolute atomic E-state index is 6.18. The Morgan fingerprint density at radius 2 is 1.95 bits per heavy atom. The zero-order chi connectivity index (χ0) is 14.9. The van der Waals surface area contributed by atoms with Crippen LogP contribution in [0, 0.1) is 0 Å². The second-order valence-corrected chi connectivity index (χ2v) is 5.84. The highest BCUT2D eigenvalue weighted by atomic mass is 16.5. The van der Waals surface area contributed by atoms with Crippen molar-refractivity contribution in [2.75, 3.05) is 20.3 Å². The molecule has 1 unspecified atom stereocenters. The number of methoxy groups -OCH3 is 1. The average Bonchev–Trinajstić information content (AvgIpc) is 2.56. The van der Waals surface area contributed by atoms with Gasteiger partial charge >= 0.3 is 0 Å². The van der Waals surface area contributed by atoms with Gasteiger partial charge in [-0.2, -0.15) is 0 Å². The second-order valence-electron chi connectivity index (χ2n) is 5.84. The van der Waals surface area contributed by atoms with Crippen LogP contribution in [0.5, 0.6) is 5.75 Å². The first-order chi connectivity index (χ1) is 10.3. The molecule has 1 aromatic carbocycles. The lowest BCUT2D eigenvalue weighted by Crippen LogP contribution is -2.29. The highest BCUT2D eigenvalue weighted by molar-refractivity contribution is 5.36. The lowest BCUT2D eigenvalue weighted by Gasteiger charge is -2.26. The molecule has 1 atom stereocenters. The van der Waals surface area contributed by atoms with Gasteiger partial charge in [-0.25, -0.2) is 0 Å². The molecule has 0 spiro atoms. The third kappa shape index (κ3) is 5.01. The van der Waals surface area contributed by atoms with Gasteiger partial charge in [-0.05, 0) is 31.9 Å². The summed E-state index contributed by atoms with van der Waals surface area (Å²) >= 11 is 0. The predicted octanol–water partition coefficient (Wildman–Crippen LogP) is 4.09. The van der Waals surface area contributed by atoms with Crippen molar-refractivity contribution in [3.63, 3.8) is 0 Å². The Labute approximate surface area is 129 Å². The third-order valence-electron chi connectivity index (χ3n) is 4.21. The van der Waals surface area contributed by atoms with Crippen molar-refractivity contribution in [1.82, 2.24) is 5.32 Å². The van der Waals surface area contributed by atoms with E-state index in [0.29, 0.717) is 6.10 Å². The van der Waals surface area contributed by atoms with E-state index in [-0.39, 0.29) is 6.04 Å². The highest BCUT2D eigenvalue weighted by Gasteiger charge is 2.19. The highest BCUT2D eigenvalue weighted by Crippen LogP contribution is 2.27. The lowest BCUT2D eigenvalue weighted by atomic mass is 9.97. The zero-order valence-electron chi connectivity index (χ0n) is 13.4. The SMILES string of the molecule is CCCNC(COC1CCCCC1)c1ccccc1OC. The van der Waals surface area contributed by atoms with Crippen molar-refractivity contribution in [3.05, 3.63) is 29.8 Å². The summed E-state index contributed by atoms with van der Waals surface area (Å²) in [5, 5.41) is 3.60. The summed E-state index contributed by atoms with van der Waals surface area (Å²) in [6.07, 6.45) is 7.98. The summed E-state index contributed by atoms with van der Waals surface area (Å²) in [5.41, 5.74) is 1.20. The molecule has 1 aliphatic rings. The fourth-order valence-corrected chi connectivity index (χ4v) is 3.00. The molecule has 21 heavy (non-hydrogen) atoms. The van der Waals surface area contributed by atoms with E-state index in [2.05, 4.69) is 24.4 Å².